The first kappa shape index (κ1) is 69.9. The van der Waals surface area contributed by atoms with Gasteiger partial charge in [-0.2, -0.15) is 0 Å². The van der Waals surface area contributed by atoms with Crippen molar-refractivity contribution in [3.8, 4) is 84.9 Å². The van der Waals surface area contributed by atoms with E-state index in [1.165, 1.54) is 86.2 Å². The van der Waals surface area contributed by atoms with Crippen LogP contribution in [0.2, 0.25) is 0 Å². The van der Waals surface area contributed by atoms with Crippen LogP contribution in [-0.2, 0) is 0 Å². The minimum Gasteiger partial charge on any atom is -0.294 e. The highest BCUT2D eigenvalue weighted by Gasteiger charge is 2.23. The van der Waals surface area contributed by atoms with Crippen LogP contribution in [0.15, 0.2) is 414 Å². The molecular weight excluding hydrogens is 1480 g/mol. The Kier molecular flexibility index (Phi) is 16.9. The Labute approximate surface area is 693 Å². The molecule has 0 N–H and O–H groups in total. The van der Waals surface area contributed by atoms with Crippen LogP contribution >= 0.6 is 0 Å². The molecule has 0 aliphatic heterocycles. The molecular formula is C109H68N12. The molecule has 0 spiro atoms. The monoisotopic (exact) mass is 1540 g/mol. The van der Waals surface area contributed by atoms with Gasteiger partial charge in [0.1, 0.15) is 17.5 Å². The number of pyridine rings is 9. The van der Waals surface area contributed by atoms with Crippen LogP contribution in [-0.4, -0.2) is 58.6 Å². The molecule has 0 atom stereocenters. The molecule has 0 bridgehead atoms. The molecule has 0 unspecified atom stereocenters. The van der Waals surface area contributed by atoms with Gasteiger partial charge in [0.25, 0.3) is 0 Å². The third kappa shape index (κ3) is 12.1. The van der Waals surface area contributed by atoms with Gasteiger partial charge in [-0.3, -0.25) is 43.6 Å². The molecule has 0 aliphatic carbocycles. The van der Waals surface area contributed by atoms with E-state index in [1.54, 1.807) is 0 Å². The van der Waals surface area contributed by atoms with E-state index in [4.69, 9.17) is 29.9 Å². The minimum atomic E-state index is 0.871. The van der Waals surface area contributed by atoms with Gasteiger partial charge >= 0.3 is 0 Å². The molecule has 12 nitrogen and oxygen atoms in total. The van der Waals surface area contributed by atoms with Gasteiger partial charge in [-0.05, 0) is 193 Å². The number of fused-ring (bicyclic) bond motifs is 19. The predicted molar refractivity (Wildman–Crippen MR) is 498 cm³/mol. The number of hydrogen-bond acceptors (Lipinski definition) is 9. The van der Waals surface area contributed by atoms with E-state index >= 15 is 0 Å². The summed E-state index contributed by atoms with van der Waals surface area (Å²) in [4.78, 5) is 42.8. The van der Waals surface area contributed by atoms with E-state index in [0.29, 0.717) is 0 Å². The molecule has 0 fully saturated rings. The van der Waals surface area contributed by atoms with Gasteiger partial charge in [-0.25, -0.2) is 15.0 Å². The molecule has 0 amide bonds. The third-order valence-electron chi connectivity index (χ3n) is 23.6. The number of nitrogens with zero attached hydrogens (tertiary/aromatic N) is 12. The lowest BCUT2D eigenvalue weighted by atomic mass is 10.00. The van der Waals surface area contributed by atoms with Gasteiger partial charge < -0.3 is 0 Å². The summed E-state index contributed by atoms with van der Waals surface area (Å²) in [6, 6.07) is 123. The lowest BCUT2D eigenvalue weighted by Gasteiger charge is -2.10. The van der Waals surface area contributed by atoms with Crippen LogP contribution in [0.25, 0.3) is 226 Å². The second-order valence-electron chi connectivity index (χ2n) is 30.4. The van der Waals surface area contributed by atoms with Gasteiger partial charge in [0.05, 0.1) is 61.6 Å². The fourth-order valence-electron chi connectivity index (χ4n) is 18.0. The lowest BCUT2D eigenvalue weighted by Crippen LogP contribution is -1.98. The highest BCUT2D eigenvalue weighted by Crippen LogP contribution is 2.44. The molecule has 25 aromatic rings. The standard InChI is InChI=1S/C39H24N4.2C35H22N4/c1-4-10-30-25(7-1)13-17-35-37(30)33-23-28(38-31-11-5-2-8-26(31)19-21-40-38)14-16-34(33)43(35)36-18-15-29(24-42-36)39-32-12-6-3-9-27(32)20-22-41-39;1-3-9-27-23(7-1)12-16-32-34(27)29-21-25(30-11-5-6-19-36-30)13-15-31(29)39(32)33-17-14-26(22-38-33)35-28-10-4-2-8-24(28)18-20-37-35;1-3-9-28-23(6-1)11-15-32-34(28)30-20-25(26-8-5-18-36-21-26)12-14-31(30)39(32)33-16-13-27(22-38-33)35-29-10-4-2-7-24(29)17-19-37-35/h1-24H;2*1-22H. The Morgan fingerprint density at radius 2 is 0.479 bits per heavy atom. The summed E-state index contributed by atoms with van der Waals surface area (Å²) >= 11 is 0. The minimum absolute atomic E-state index is 0.871. The molecule has 12 heterocycles. The third-order valence-corrected chi connectivity index (χ3v) is 23.6. The molecule has 0 radical (unpaired) electrons. The van der Waals surface area contributed by atoms with E-state index in [0.717, 1.165) is 140 Å². The van der Waals surface area contributed by atoms with Crippen LogP contribution in [0, 0.1) is 0 Å². The molecule has 25 rings (SSSR count). The zero-order chi connectivity index (χ0) is 79.9. The van der Waals surface area contributed by atoms with Gasteiger partial charge in [0, 0.05) is 149 Å². The maximum atomic E-state index is 5.02. The van der Waals surface area contributed by atoms with E-state index in [1.807, 2.05) is 98.4 Å². The SMILES string of the molecule is c1ccc(-c2ccc3c(c2)c2c4ccccc4ccc2n3-c2ccc(-c3nccc4ccccc34)cn2)nc1.c1ccc2c(-c3ccc(-n4c5ccc(-c6nccc7ccccc67)cc5c5c6ccccc6ccc54)nc3)nccc2c1.c1cncc(-c2ccc3c(c2)c2c4ccccc4ccc2n3-c2ccc(-c3nccc4ccccc34)cn2)c1. The maximum absolute atomic E-state index is 5.02. The quantitative estimate of drug-likeness (QED) is 0.139. The Balaban J connectivity index is 0.000000106. The van der Waals surface area contributed by atoms with Crippen molar-refractivity contribution in [2.45, 2.75) is 0 Å². The topological polar surface area (TPSA) is 131 Å². The van der Waals surface area contributed by atoms with E-state index in [9.17, 15) is 0 Å². The summed E-state index contributed by atoms with van der Waals surface area (Å²) in [5.41, 5.74) is 19.0. The number of aromatic nitrogens is 12. The molecule has 0 saturated heterocycles. The molecule has 0 aliphatic rings. The molecule has 12 aromatic heterocycles. The average molecular weight is 1550 g/mol. The van der Waals surface area contributed by atoms with Crippen LogP contribution in [0.1, 0.15) is 0 Å². The lowest BCUT2D eigenvalue weighted by molar-refractivity contribution is 1.08. The number of benzene rings is 13. The molecule has 0 saturated carbocycles. The summed E-state index contributed by atoms with van der Waals surface area (Å²) in [6.45, 7) is 0. The van der Waals surface area contributed by atoms with Crippen molar-refractivity contribution >= 4 is 141 Å². The van der Waals surface area contributed by atoms with Crippen molar-refractivity contribution in [1.29, 1.82) is 0 Å². The summed E-state index contributed by atoms with van der Waals surface area (Å²) in [7, 11) is 0. The van der Waals surface area contributed by atoms with Gasteiger partial charge in [0.2, 0.25) is 0 Å². The van der Waals surface area contributed by atoms with Crippen molar-refractivity contribution < 1.29 is 0 Å². The van der Waals surface area contributed by atoms with Crippen LogP contribution < -0.4 is 0 Å². The van der Waals surface area contributed by atoms with Crippen LogP contribution in [0.4, 0.5) is 0 Å². The summed E-state index contributed by atoms with van der Waals surface area (Å²) in [6.07, 6.45) is 18.9. The predicted octanol–water partition coefficient (Wildman–Crippen LogP) is 27.0. The van der Waals surface area contributed by atoms with Crippen LogP contribution in [0.3, 0.4) is 0 Å². The van der Waals surface area contributed by atoms with Crippen LogP contribution in [0.5, 0.6) is 0 Å². The largest absolute Gasteiger partial charge is 0.294 e. The Morgan fingerprint density at radius 1 is 0.165 bits per heavy atom. The highest BCUT2D eigenvalue weighted by molar-refractivity contribution is 6.25. The Bertz CT molecular complexity index is 8050. The second-order valence-corrected chi connectivity index (χ2v) is 30.4. The first-order chi connectivity index (χ1) is 60.0. The van der Waals surface area contributed by atoms with Crippen molar-refractivity contribution in [2.24, 2.45) is 0 Å². The summed E-state index contributed by atoms with van der Waals surface area (Å²) in [5, 5.41) is 23.8. The molecule has 13 aromatic carbocycles. The Morgan fingerprint density at radius 3 is 0.835 bits per heavy atom. The van der Waals surface area contributed by atoms with Gasteiger partial charge in [-0.15, -0.1) is 0 Å². The first-order valence-corrected chi connectivity index (χ1v) is 40.5. The van der Waals surface area contributed by atoms with Gasteiger partial charge in [-0.1, -0.05) is 218 Å². The van der Waals surface area contributed by atoms with E-state index < -0.39 is 0 Å². The van der Waals surface area contributed by atoms with Crippen molar-refractivity contribution in [3.05, 3.63) is 414 Å². The first-order valence-electron chi connectivity index (χ1n) is 40.5. The van der Waals surface area contributed by atoms with Crippen molar-refractivity contribution in [2.75, 3.05) is 0 Å². The zero-order valence-electron chi connectivity index (χ0n) is 65.1. The Hall–Kier alpha value is -16.6. The molecule has 564 valence electrons. The fraction of sp³-hybridized carbons (Fsp3) is 0. The second kappa shape index (κ2) is 29.3. The summed E-state index contributed by atoms with van der Waals surface area (Å²) in [5.74, 6) is 2.62. The van der Waals surface area contributed by atoms with E-state index in [-0.39, 0.29) is 0 Å². The molecule has 12 heteroatoms. The van der Waals surface area contributed by atoms with Crippen molar-refractivity contribution in [3.63, 3.8) is 0 Å². The number of rotatable bonds is 9. The van der Waals surface area contributed by atoms with Crippen molar-refractivity contribution in [1.82, 2.24) is 58.6 Å². The molecule has 121 heavy (non-hydrogen) atoms. The average Bonchev–Trinajstić information content (AvgIpc) is 1.58. The van der Waals surface area contributed by atoms with Gasteiger partial charge in [0.15, 0.2) is 0 Å². The fourth-order valence-corrected chi connectivity index (χ4v) is 18.0. The summed E-state index contributed by atoms with van der Waals surface area (Å²) < 4.78 is 6.81. The zero-order valence-corrected chi connectivity index (χ0v) is 65.1. The normalized spacial score (nSPS) is 11.6. The number of hydrogen-bond donors (Lipinski definition) is 0. The van der Waals surface area contributed by atoms with E-state index in [2.05, 4.69) is 344 Å². The smallest absolute Gasteiger partial charge is 0.137 e. The highest BCUT2D eigenvalue weighted by atomic mass is 15.1. The maximum Gasteiger partial charge on any atom is 0.137 e.